The highest BCUT2D eigenvalue weighted by Gasteiger charge is 2.30. The summed E-state index contributed by atoms with van der Waals surface area (Å²) < 4.78 is 17.2. The number of rotatable bonds is 2. The number of amides is 1. The van der Waals surface area contributed by atoms with Gasteiger partial charge in [0.05, 0.1) is 0 Å². The second-order valence-corrected chi connectivity index (χ2v) is 8.28. The molecule has 2 atom stereocenters. The van der Waals surface area contributed by atoms with Crippen LogP contribution >= 0.6 is 0 Å². The molecule has 1 saturated carbocycles. The molecule has 29 heavy (non-hydrogen) atoms. The first-order valence-corrected chi connectivity index (χ1v) is 10.5. The first-order valence-electron chi connectivity index (χ1n) is 10.5. The van der Waals surface area contributed by atoms with Crippen LogP contribution in [-0.2, 0) is 13.1 Å². The lowest BCUT2D eigenvalue weighted by Crippen LogP contribution is -2.25. The molecule has 2 aromatic carbocycles. The van der Waals surface area contributed by atoms with Crippen molar-refractivity contribution in [1.29, 1.82) is 0 Å². The second kappa shape index (κ2) is 7.30. The van der Waals surface area contributed by atoms with E-state index in [1.807, 2.05) is 12.1 Å². The molecule has 5 rings (SSSR count). The van der Waals surface area contributed by atoms with Gasteiger partial charge in [0, 0.05) is 53.3 Å². The van der Waals surface area contributed by atoms with Crippen LogP contribution in [-0.4, -0.2) is 23.2 Å². The Labute approximate surface area is 169 Å². The minimum Gasteiger partial charge on any atom is -0.366 e. The van der Waals surface area contributed by atoms with Gasteiger partial charge in [-0.15, -0.1) is 0 Å². The van der Waals surface area contributed by atoms with Crippen molar-refractivity contribution in [3.8, 4) is 11.3 Å². The molecule has 1 aromatic heterocycles. The molecule has 5 heteroatoms. The average molecular weight is 391 g/mol. The van der Waals surface area contributed by atoms with E-state index < -0.39 is 12.1 Å². The number of nitrogens with two attached hydrogens (primary N) is 1. The van der Waals surface area contributed by atoms with Crippen molar-refractivity contribution in [1.82, 2.24) is 9.88 Å². The quantitative estimate of drug-likeness (QED) is 0.675. The summed E-state index contributed by atoms with van der Waals surface area (Å²) in [6.45, 7) is 2.40. The van der Waals surface area contributed by atoms with Gasteiger partial charge in [-0.2, -0.15) is 0 Å². The molecule has 1 amide bonds. The van der Waals surface area contributed by atoms with E-state index in [1.165, 1.54) is 5.56 Å². The molecule has 0 unspecified atom stereocenters. The normalized spacial score (nSPS) is 21.8. The van der Waals surface area contributed by atoms with Crippen LogP contribution in [0.4, 0.5) is 4.39 Å². The lowest BCUT2D eigenvalue weighted by Gasteiger charge is -2.30. The van der Waals surface area contributed by atoms with Crippen LogP contribution in [0.25, 0.3) is 22.2 Å². The van der Waals surface area contributed by atoms with Crippen LogP contribution in [0.3, 0.4) is 0 Å². The van der Waals surface area contributed by atoms with Crippen molar-refractivity contribution in [2.45, 2.75) is 50.9 Å². The topological polar surface area (TPSA) is 60.1 Å². The van der Waals surface area contributed by atoms with E-state index >= 15 is 0 Å². The summed E-state index contributed by atoms with van der Waals surface area (Å²) in [4.78, 5) is 11.7. The van der Waals surface area contributed by atoms with Gasteiger partial charge < -0.3 is 15.6 Å². The number of carbonyl (C=O) groups excluding carboxylic acids is 1. The Morgan fingerprint density at radius 3 is 2.83 bits per heavy atom. The molecular formula is C24H26FN3O. The fourth-order valence-electron chi connectivity index (χ4n) is 5.09. The van der Waals surface area contributed by atoms with E-state index in [4.69, 9.17) is 5.73 Å². The zero-order chi connectivity index (χ0) is 20.0. The molecule has 0 radical (unpaired) electrons. The molecule has 4 nitrogen and oxygen atoms in total. The van der Waals surface area contributed by atoms with Gasteiger partial charge in [0.15, 0.2) is 0 Å². The molecule has 1 aliphatic heterocycles. The Balaban J connectivity index is 1.75. The smallest absolute Gasteiger partial charge is 0.248 e. The number of hydrogen-bond donors (Lipinski definition) is 2. The Kier molecular flexibility index (Phi) is 4.63. The minimum atomic E-state index is -0.784. The highest BCUT2D eigenvalue weighted by molar-refractivity contribution is 5.98. The summed E-state index contributed by atoms with van der Waals surface area (Å²) in [7, 11) is 0. The highest BCUT2D eigenvalue weighted by Crippen LogP contribution is 2.43. The molecule has 3 aromatic rings. The van der Waals surface area contributed by atoms with E-state index in [1.54, 1.807) is 6.07 Å². The van der Waals surface area contributed by atoms with E-state index in [9.17, 15) is 9.18 Å². The average Bonchev–Trinajstić information content (AvgIpc) is 3.06. The van der Waals surface area contributed by atoms with Crippen molar-refractivity contribution in [3.63, 3.8) is 0 Å². The monoisotopic (exact) mass is 391 g/mol. The van der Waals surface area contributed by atoms with Gasteiger partial charge in [0.2, 0.25) is 5.91 Å². The molecule has 0 bridgehead atoms. The predicted molar refractivity (Wildman–Crippen MR) is 114 cm³/mol. The van der Waals surface area contributed by atoms with Crippen LogP contribution in [0.2, 0.25) is 0 Å². The van der Waals surface area contributed by atoms with Gasteiger partial charge in [0.25, 0.3) is 0 Å². The van der Waals surface area contributed by atoms with Crippen LogP contribution in [0.1, 0.15) is 53.1 Å². The number of aromatic nitrogens is 1. The summed E-state index contributed by atoms with van der Waals surface area (Å²) in [5, 5.41) is 4.59. The summed E-state index contributed by atoms with van der Waals surface area (Å²) >= 11 is 0. The number of primary amides is 1. The van der Waals surface area contributed by atoms with E-state index in [2.05, 4.69) is 34.1 Å². The molecular weight excluding hydrogens is 365 g/mol. The molecule has 0 spiro atoms. The zero-order valence-corrected chi connectivity index (χ0v) is 16.5. The molecule has 2 aliphatic rings. The van der Waals surface area contributed by atoms with Crippen LogP contribution < -0.4 is 11.1 Å². The zero-order valence-electron chi connectivity index (χ0n) is 16.5. The first kappa shape index (κ1) is 18.4. The van der Waals surface area contributed by atoms with Crippen molar-refractivity contribution in [2.24, 2.45) is 5.73 Å². The number of nitrogens with one attached hydrogen (secondary N) is 1. The highest BCUT2D eigenvalue weighted by atomic mass is 19.1. The summed E-state index contributed by atoms with van der Waals surface area (Å²) in [5.74, 6) is -0.472. The van der Waals surface area contributed by atoms with E-state index in [0.717, 1.165) is 66.6 Å². The fraction of sp³-hybridized carbons (Fsp3) is 0.375. The molecule has 3 N–H and O–H groups in total. The maximum absolute atomic E-state index is 14.9. The SMILES string of the molecule is NC(=O)c1ccc2cc3n(c2c1)CCNCc1cccc([C@H]2CCCC[C@@H]2F)c1-3. The fourth-order valence-corrected chi connectivity index (χ4v) is 5.09. The maximum atomic E-state index is 14.9. The number of nitrogens with zero attached hydrogens (tertiary/aromatic N) is 1. The molecule has 1 fully saturated rings. The molecule has 150 valence electrons. The van der Waals surface area contributed by atoms with Crippen LogP contribution in [0.15, 0.2) is 42.5 Å². The van der Waals surface area contributed by atoms with Gasteiger partial charge in [-0.1, -0.05) is 37.1 Å². The van der Waals surface area contributed by atoms with E-state index in [0.29, 0.717) is 12.0 Å². The van der Waals surface area contributed by atoms with Crippen molar-refractivity contribution in [2.75, 3.05) is 6.54 Å². The lowest BCUT2D eigenvalue weighted by molar-refractivity contribution is 0.100. The Morgan fingerprint density at radius 2 is 2.00 bits per heavy atom. The minimum absolute atomic E-state index is 0.0502. The first-order chi connectivity index (χ1) is 14.1. The van der Waals surface area contributed by atoms with Crippen LogP contribution in [0.5, 0.6) is 0 Å². The number of alkyl halides is 1. The van der Waals surface area contributed by atoms with E-state index in [-0.39, 0.29) is 5.92 Å². The lowest BCUT2D eigenvalue weighted by atomic mass is 9.79. The third-order valence-electron chi connectivity index (χ3n) is 6.54. The number of halogens is 1. The number of fused-ring (bicyclic) bond motifs is 5. The Bertz CT molecular complexity index is 1090. The summed E-state index contributed by atoms with van der Waals surface area (Å²) in [6.07, 6.45) is 2.82. The van der Waals surface area contributed by atoms with Crippen molar-refractivity contribution < 1.29 is 9.18 Å². The Hall–Kier alpha value is -2.66. The van der Waals surface area contributed by atoms with Crippen molar-refractivity contribution >= 4 is 16.8 Å². The predicted octanol–water partition coefficient (Wildman–Crippen LogP) is 4.51. The molecule has 1 aliphatic carbocycles. The van der Waals surface area contributed by atoms with Gasteiger partial charge in [-0.05, 0) is 42.2 Å². The third kappa shape index (κ3) is 3.14. The van der Waals surface area contributed by atoms with Gasteiger partial charge in [-0.3, -0.25) is 4.79 Å². The van der Waals surface area contributed by atoms with Crippen molar-refractivity contribution in [3.05, 3.63) is 59.2 Å². The molecule has 2 heterocycles. The maximum Gasteiger partial charge on any atom is 0.248 e. The van der Waals surface area contributed by atoms with Crippen LogP contribution in [0, 0.1) is 0 Å². The number of hydrogen-bond acceptors (Lipinski definition) is 2. The van der Waals surface area contributed by atoms with Gasteiger partial charge in [-0.25, -0.2) is 4.39 Å². The largest absolute Gasteiger partial charge is 0.366 e. The summed E-state index contributed by atoms with van der Waals surface area (Å²) in [6, 6.07) is 14.1. The Morgan fingerprint density at radius 1 is 1.14 bits per heavy atom. The number of carbonyl (C=O) groups is 1. The van der Waals surface area contributed by atoms with Gasteiger partial charge >= 0.3 is 0 Å². The van der Waals surface area contributed by atoms with Gasteiger partial charge in [0.1, 0.15) is 6.17 Å². The number of benzene rings is 2. The second-order valence-electron chi connectivity index (χ2n) is 8.28. The summed E-state index contributed by atoms with van der Waals surface area (Å²) in [5.41, 5.74) is 11.6. The molecule has 0 saturated heterocycles. The third-order valence-corrected chi connectivity index (χ3v) is 6.54. The standard InChI is InChI=1S/C24H26FN3O/c25-20-7-2-1-5-18(20)19-6-3-4-17-14-27-10-11-28-21-13-16(24(26)29)9-8-15(21)12-22(28)23(17)19/h3-4,6,8-9,12-13,18,20,27H,1-2,5,7,10-11,14H2,(H2,26,29)/t18-,20+/m1/s1.